The third-order valence-corrected chi connectivity index (χ3v) is 4.43. The first-order valence-electron chi connectivity index (χ1n) is 7.41. The van der Waals surface area contributed by atoms with Crippen LogP contribution in [0.25, 0.3) is 11.1 Å². The molecule has 6 heteroatoms. The Bertz CT molecular complexity index is 931. The van der Waals surface area contributed by atoms with Crippen molar-refractivity contribution in [3.8, 4) is 16.9 Å². The Morgan fingerprint density at radius 1 is 0.920 bits per heavy atom. The van der Waals surface area contributed by atoms with Gasteiger partial charge in [0.05, 0.1) is 10.7 Å². The standard InChI is InChI=1S/C19H13Cl2F2NO/c20-15-5-7-17(25)18(21)19(15)24-10-13-8-12(4-6-16(13)23)11-2-1-3-14(22)9-11/h1-9,24-25H,10H2. The largest absolute Gasteiger partial charge is 0.506 e. The molecule has 3 aromatic carbocycles. The molecule has 0 radical (unpaired) electrons. The molecular weight excluding hydrogens is 367 g/mol. The lowest BCUT2D eigenvalue weighted by atomic mass is 10.0. The highest BCUT2D eigenvalue weighted by Crippen LogP contribution is 2.37. The lowest BCUT2D eigenvalue weighted by Crippen LogP contribution is -2.03. The van der Waals surface area contributed by atoms with Crippen LogP contribution in [0, 0.1) is 11.6 Å². The molecule has 0 heterocycles. The average molecular weight is 380 g/mol. The fourth-order valence-electron chi connectivity index (χ4n) is 2.44. The monoisotopic (exact) mass is 379 g/mol. The number of nitrogens with one attached hydrogen (secondary N) is 1. The lowest BCUT2D eigenvalue weighted by molar-refractivity contribution is 0.476. The van der Waals surface area contributed by atoms with Gasteiger partial charge in [0, 0.05) is 12.1 Å². The Morgan fingerprint density at radius 3 is 2.44 bits per heavy atom. The molecule has 0 spiro atoms. The quantitative estimate of drug-likeness (QED) is 0.560. The summed E-state index contributed by atoms with van der Waals surface area (Å²) in [7, 11) is 0. The van der Waals surface area contributed by atoms with Gasteiger partial charge in [-0.3, -0.25) is 0 Å². The van der Waals surface area contributed by atoms with Crippen molar-refractivity contribution in [3.63, 3.8) is 0 Å². The molecular formula is C19H13Cl2F2NO. The van der Waals surface area contributed by atoms with E-state index in [0.717, 1.165) is 0 Å². The number of phenols is 1. The lowest BCUT2D eigenvalue weighted by Gasteiger charge is -2.13. The third kappa shape index (κ3) is 3.86. The second-order valence-electron chi connectivity index (χ2n) is 5.43. The van der Waals surface area contributed by atoms with Crippen molar-refractivity contribution in [3.05, 3.63) is 81.8 Å². The highest BCUT2D eigenvalue weighted by Gasteiger charge is 2.12. The molecule has 3 rings (SSSR count). The number of rotatable bonds is 4. The van der Waals surface area contributed by atoms with Crippen molar-refractivity contribution in [2.24, 2.45) is 0 Å². The number of hydrogen-bond donors (Lipinski definition) is 2. The minimum absolute atomic E-state index is 0.0641. The van der Waals surface area contributed by atoms with Crippen molar-refractivity contribution in [2.45, 2.75) is 6.54 Å². The summed E-state index contributed by atoms with van der Waals surface area (Å²) in [6.07, 6.45) is 0. The summed E-state index contributed by atoms with van der Waals surface area (Å²) >= 11 is 12.1. The summed E-state index contributed by atoms with van der Waals surface area (Å²) in [6, 6.07) is 13.5. The van der Waals surface area contributed by atoms with Gasteiger partial charge >= 0.3 is 0 Å². The number of halogens is 4. The minimum atomic E-state index is -0.417. The Balaban J connectivity index is 1.89. The van der Waals surface area contributed by atoms with Crippen LogP contribution in [0.1, 0.15) is 5.56 Å². The van der Waals surface area contributed by atoms with Crippen LogP contribution in [0.5, 0.6) is 5.75 Å². The molecule has 128 valence electrons. The Kier molecular flexibility index (Phi) is 5.11. The van der Waals surface area contributed by atoms with Crippen LogP contribution in [0.15, 0.2) is 54.6 Å². The van der Waals surface area contributed by atoms with Crippen molar-refractivity contribution in [1.29, 1.82) is 0 Å². The molecule has 2 N–H and O–H groups in total. The van der Waals surface area contributed by atoms with Crippen LogP contribution in [-0.4, -0.2) is 5.11 Å². The molecule has 2 nitrogen and oxygen atoms in total. The van der Waals surface area contributed by atoms with Crippen LogP contribution >= 0.6 is 23.2 Å². The Morgan fingerprint density at radius 2 is 1.68 bits per heavy atom. The second-order valence-corrected chi connectivity index (χ2v) is 6.21. The van der Waals surface area contributed by atoms with Gasteiger partial charge < -0.3 is 10.4 Å². The van der Waals surface area contributed by atoms with Gasteiger partial charge in [0.15, 0.2) is 0 Å². The first-order valence-corrected chi connectivity index (χ1v) is 8.16. The topological polar surface area (TPSA) is 32.3 Å². The molecule has 3 aromatic rings. The van der Waals surface area contributed by atoms with Crippen molar-refractivity contribution in [1.82, 2.24) is 0 Å². The zero-order valence-electron chi connectivity index (χ0n) is 12.9. The van der Waals surface area contributed by atoms with Crippen LogP contribution < -0.4 is 5.32 Å². The van der Waals surface area contributed by atoms with E-state index < -0.39 is 5.82 Å². The van der Waals surface area contributed by atoms with Crippen molar-refractivity contribution < 1.29 is 13.9 Å². The summed E-state index contributed by atoms with van der Waals surface area (Å²) in [4.78, 5) is 0. The number of anilines is 1. The van der Waals surface area contributed by atoms with Gasteiger partial charge in [-0.15, -0.1) is 0 Å². The number of benzene rings is 3. The SMILES string of the molecule is Oc1ccc(Cl)c(NCc2cc(-c3cccc(F)c3)ccc2F)c1Cl. The summed E-state index contributed by atoms with van der Waals surface area (Å²) in [5.74, 6) is -0.901. The van der Waals surface area contributed by atoms with Gasteiger partial charge in [-0.05, 0) is 47.5 Å². The maximum atomic E-state index is 14.1. The van der Waals surface area contributed by atoms with E-state index in [0.29, 0.717) is 27.4 Å². The summed E-state index contributed by atoms with van der Waals surface area (Å²) < 4.78 is 27.5. The molecule has 0 aliphatic carbocycles. The van der Waals surface area contributed by atoms with E-state index in [4.69, 9.17) is 23.2 Å². The predicted molar refractivity (Wildman–Crippen MR) is 97.2 cm³/mol. The van der Waals surface area contributed by atoms with Gasteiger partial charge in [0.1, 0.15) is 22.4 Å². The molecule has 0 fully saturated rings. The van der Waals surface area contributed by atoms with E-state index in [-0.39, 0.29) is 23.1 Å². The first kappa shape index (κ1) is 17.5. The fourth-order valence-corrected chi connectivity index (χ4v) is 2.95. The molecule has 0 aliphatic rings. The van der Waals surface area contributed by atoms with Gasteiger partial charge in [-0.2, -0.15) is 0 Å². The van der Waals surface area contributed by atoms with Gasteiger partial charge in [0.2, 0.25) is 0 Å². The van der Waals surface area contributed by atoms with Gasteiger partial charge in [-0.25, -0.2) is 8.78 Å². The van der Waals surface area contributed by atoms with Crippen LogP contribution in [-0.2, 0) is 6.54 Å². The molecule has 0 atom stereocenters. The molecule has 0 aliphatic heterocycles. The number of aromatic hydroxyl groups is 1. The highest BCUT2D eigenvalue weighted by molar-refractivity contribution is 6.40. The van der Waals surface area contributed by atoms with E-state index in [2.05, 4.69) is 5.32 Å². The highest BCUT2D eigenvalue weighted by atomic mass is 35.5. The Labute approximate surface area is 153 Å². The maximum absolute atomic E-state index is 14.1. The van der Waals surface area contributed by atoms with E-state index in [1.807, 2.05) is 0 Å². The summed E-state index contributed by atoms with van der Waals surface area (Å²) in [5.41, 5.74) is 2.01. The number of phenolic OH excluding ortho intramolecular Hbond substituents is 1. The number of hydrogen-bond acceptors (Lipinski definition) is 2. The summed E-state index contributed by atoms with van der Waals surface area (Å²) in [5, 5.41) is 13.0. The van der Waals surface area contributed by atoms with Crippen molar-refractivity contribution in [2.75, 3.05) is 5.32 Å². The Hall–Kier alpha value is -2.30. The van der Waals surface area contributed by atoms with E-state index >= 15 is 0 Å². The summed E-state index contributed by atoms with van der Waals surface area (Å²) in [6.45, 7) is 0.0951. The van der Waals surface area contributed by atoms with Crippen LogP contribution in [0.4, 0.5) is 14.5 Å². The van der Waals surface area contributed by atoms with Gasteiger partial charge in [-0.1, -0.05) is 41.4 Å². The van der Waals surface area contributed by atoms with Crippen molar-refractivity contribution >= 4 is 28.9 Å². The average Bonchev–Trinajstić information content (AvgIpc) is 2.60. The van der Waals surface area contributed by atoms with Crippen LogP contribution in [0.2, 0.25) is 10.0 Å². The normalized spacial score (nSPS) is 10.7. The molecule has 0 aromatic heterocycles. The molecule has 0 saturated heterocycles. The molecule has 0 amide bonds. The molecule has 0 bridgehead atoms. The van der Waals surface area contributed by atoms with Crippen LogP contribution in [0.3, 0.4) is 0 Å². The maximum Gasteiger partial charge on any atom is 0.136 e. The minimum Gasteiger partial charge on any atom is -0.506 e. The second kappa shape index (κ2) is 7.30. The third-order valence-electron chi connectivity index (χ3n) is 3.73. The van der Waals surface area contributed by atoms with E-state index in [1.54, 1.807) is 24.3 Å². The predicted octanol–water partition coefficient (Wildman–Crippen LogP) is 6.26. The fraction of sp³-hybridized carbons (Fsp3) is 0.0526. The zero-order valence-corrected chi connectivity index (χ0v) is 14.4. The zero-order chi connectivity index (χ0) is 18.0. The molecule has 25 heavy (non-hydrogen) atoms. The smallest absolute Gasteiger partial charge is 0.136 e. The molecule has 0 unspecified atom stereocenters. The molecule has 0 saturated carbocycles. The van der Waals surface area contributed by atoms with Gasteiger partial charge in [0.25, 0.3) is 0 Å². The van der Waals surface area contributed by atoms with E-state index in [9.17, 15) is 13.9 Å². The van der Waals surface area contributed by atoms with E-state index in [1.165, 1.54) is 30.3 Å². The first-order chi connectivity index (χ1) is 12.0.